The Kier molecular flexibility index (Phi) is 8.76. The number of hydrogen-bond acceptors (Lipinski definition) is 4. The van der Waals surface area contributed by atoms with E-state index < -0.39 is 0 Å². The van der Waals surface area contributed by atoms with E-state index in [4.69, 9.17) is 21.1 Å². The fraction of sp³-hybridized carbons (Fsp3) is 0.480. The van der Waals surface area contributed by atoms with Crippen LogP contribution in [0, 0.1) is 17.7 Å². The summed E-state index contributed by atoms with van der Waals surface area (Å²) < 4.78 is 24.6. The fourth-order valence-electron chi connectivity index (χ4n) is 3.70. The summed E-state index contributed by atoms with van der Waals surface area (Å²) in [5.41, 5.74) is 1.90. The highest BCUT2D eigenvalue weighted by molar-refractivity contribution is 6.32. The molecule has 1 amide bonds. The van der Waals surface area contributed by atoms with Gasteiger partial charge in [-0.05, 0) is 41.3 Å². The van der Waals surface area contributed by atoms with Crippen LogP contribution in [-0.2, 0) is 17.9 Å². The standard InChI is InChI=1S/C25H32ClFN2O3/c1-17(2)15-29(16-20-11-22(26)24-23(12-20)31-9-4-10-32-24)25(30)18(3)13-28-14-19-5-7-21(27)8-6-19/h5-8,11-12,17-18,28H,4,9-10,13-16H2,1-3H3. The molecular formula is C25H32ClFN2O3. The van der Waals surface area contributed by atoms with Gasteiger partial charge in [0.25, 0.3) is 0 Å². The molecule has 0 spiro atoms. The summed E-state index contributed by atoms with van der Waals surface area (Å²) in [6, 6.07) is 10.1. The van der Waals surface area contributed by atoms with Gasteiger partial charge in [-0.2, -0.15) is 0 Å². The normalized spacial score (nSPS) is 14.2. The monoisotopic (exact) mass is 462 g/mol. The van der Waals surface area contributed by atoms with Gasteiger partial charge in [0.15, 0.2) is 11.5 Å². The number of ether oxygens (including phenoxy) is 2. The molecular weight excluding hydrogens is 431 g/mol. The van der Waals surface area contributed by atoms with Crippen molar-refractivity contribution in [3.05, 3.63) is 58.4 Å². The summed E-state index contributed by atoms with van der Waals surface area (Å²) in [6.45, 7) is 9.49. The van der Waals surface area contributed by atoms with Crippen molar-refractivity contribution in [2.24, 2.45) is 11.8 Å². The number of benzene rings is 2. The minimum absolute atomic E-state index is 0.0774. The van der Waals surface area contributed by atoms with Gasteiger partial charge in [0.05, 0.1) is 18.2 Å². The average molecular weight is 463 g/mol. The summed E-state index contributed by atoms with van der Waals surface area (Å²) in [6.07, 6.45) is 0.806. The van der Waals surface area contributed by atoms with Crippen LogP contribution in [0.15, 0.2) is 36.4 Å². The van der Waals surface area contributed by atoms with Gasteiger partial charge in [0.1, 0.15) is 5.82 Å². The second-order valence-electron chi connectivity index (χ2n) is 8.73. The second kappa shape index (κ2) is 11.5. The largest absolute Gasteiger partial charge is 0.489 e. The number of rotatable bonds is 9. The van der Waals surface area contributed by atoms with Gasteiger partial charge in [-0.1, -0.05) is 44.5 Å². The third-order valence-electron chi connectivity index (χ3n) is 5.25. The van der Waals surface area contributed by atoms with Crippen LogP contribution >= 0.6 is 11.6 Å². The van der Waals surface area contributed by atoms with E-state index in [2.05, 4.69) is 19.2 Å². The highest BCUT2D eigenvalue weighted by Gasteiger charge is 2.23. The van der Waals surface area contributed by atoms with Crippen LogP contribution in [0.4, 0.5) is 4.39 Å². The summed E-state index contributed by atoms with van der Waals surface area (Å²) in [5.74, 6) is 1.16. The quantitative estimate of drug-likeness (QED) is 0.566. The number of halogens is 2. The van der Waals surface area contributed by atoms with E-state index in [9.17, 15) is 9.18 Å². The van der Waals surface area contributed by atoms with Gasteiger partial charge in [0, 0.05) is 38.5 Å². The van der Waals surface area contributed by atoms with Crippen LogP contribution in [0.25, 0.3) is 0 Å². The summed E-state index contributed by atoms with van der Waals surface area (Å²) in [4.78, 5) is 15.1. The van der Waals surface area contributed by atoms with Crippen LogP contribution in [0.1, 0.15) is 38.3 Å². The number of carbonyl (C=O) groups excluding carboxylic acids is 1. The molecule has 0 bridgehead atoms. The van der Waals surface area contributed by atoms with E-state index >= 15 is 0 Å². The maximum atomic E-state index is 13.2. The molecule has 0 saturated carbocycles. The molecule has 5 nitrogen and oxygen atoms in total. The van der Waals surface area contributed by atoms with Gasteiger partial charge in [-0.25, -0.2) is 4.39 Å². The lowest BCUT2D eigenvalue weighted by molar-refractivity contribution is -0.136. The number of nitrogens with zero attached hydrogens (tertiary/aromatic N) is 1. The number of carbonyl (C=O) groups is 1. The molecule has 7 heteroatoms. The molecule has 2 aromatic rings. The minimum atomic E-state index is -0.253. The van der Waals surface area contributed by atoms with Gasteiger partial charge in [-0.15, -0.1) is 0 Å². The van der Waals surface area contributed by atoms with Gasteiger partial charge >= 0.3 is 0 Å². The molecule has 0 aromatic heterocycles. The smallest absolute Gasteiger partial charge is 0.226 e. The lowest BCUT2D eigenvalue weighted by atomic mass is 10.1. The molecule has 0 radical (unpaired) electrons. The first-order valence-corrected chi connectivity index (χ1v) is 11.5. The van der Waals surface area contributed by atoms with Crippen molar-refractivity contribution < 1.29 is 18.7 Å². The lowest BCUT2D eigenvalue weighted by Crippen LogP contribution is -2.40. The van der Waals surface area contributed by atoms with Crippen LogP contribution in [0.3, 0.4) is 0 Å². The van der Waals surface area contributed by atoms with Gasteiger partial charge in [0.2, 0.25) is 5.91 Å². The average Bonchev–Trinajstić information content (AvgIpc) is 2.99. The number of nitrogens with one attached hydrogen (secondary N) is 1. The molecule has 174 valence electrons. The predicted molar refractivity (Wildman–Crippen MR) is 125 cm³/mol. The summed E-state index contributed by atoms with van der Waals surface area (Å²) in [7, 11) is 0. The molecule has 2 aromatic carbocycles. The van der Waals surface area contributed by atoms with E-state index in [1.807, 2.05) is 24.0 Å². The third kappa shape index (κ3) is 6.84. The Morgan fingerprint density at radius 3 is 2.56 bits per heavy atom. The molecule has 1 unspecified atom stereocenters. The Morgan fingerprint density at radius 1 is 1.12 bits per heavy atom. The molecule has 1 N–H and O–H groups in total. The number of amides is 1. The first-order valence-electron chi connectivity index (χ1n) is 11.2. The summed E-state index contributed by atoms with van der Waals surface area (Å²) in [5, 5.41) is 3.81. The highest BCUT2D eigenvalue weighted by Crippen LogP contribution is 2.38. The topological polar surface area (TPSA) is 50.8 Å². The van der Waals surface area contributed by atoms with E-state index in [0.717, 1.165) is 17.5 Å². The Morgan fingerprint density at radius 2 is 1.84 bits per heavy atom. The van der Waals surface area contributed by atoms with Crippen molar-refractivity contribution >= 4 is 17.5 Å². The molecule has 1 atom stereocenters. The highest BCUT2D eigenvalue weighted by atomic mass is 35.5. The van der Waals surface area contributed by atoms with E-state index in [-0.39, 0.29) is 17.6 Å². The zero-order chi connectivity index (χ0) is 23.1. The zero-order valence-corrected chi connectivity index (χ0v) is 19.8. The second-order valence-corrected chi connectivity index (χ2v) is 9.13. The number of hydrogen-bond donors (Lipinski definition) is 1. The van der Waals surface area contributed by atoms with Crippen LogP contribution in [0.5, 0.6) is 11.5 Å². The van der Waals surface area contributed by atoms with Crippen molar-refractivity contribution in [2.45, 2.75) is 40.3 Å². The zero-order valence-electron chi connectivity index (χ0n) is 19.0. The van der Waals surface area contributed by atoms with Crippen LogP contribution in [-0.4, -0.2) is 37.1 Å². The fourth-order valence-corrected chi connectivity index (χ4v) is 3.99. The minimum Gasteiger partial charge on any atom is -0.489 e. The SMILES string of the molecule is CC(C)CN(Cc1cc(Cl)c2c(c1)OCCCO2)C(=O)C(C)CNCc1ccc(F)cc1. The Bertz CT molecular complexity index is 905. The number of fused-ring (bicyclic) bond motifs is 1. The maximum Gasteiger partial charge on any atom is 0.226 e. The first kappa shape index (κ1) is 24.3. The van der Waals surface area contributed by atoms with Gasteiger partial charge in [-0.3, -0.25) is 4.79 Å². The first-order chi connectivity index (χ1) is 15.3. The molecule has 1 aliphatic rings. The molecule has 1 heterocycles. The van der Waals surface area contributed by atoms with Crippen molar-refractivity contribution in [3.8, 4) is 11.5 Å². The van der Waals surface area contributed by atoms with Crippen molar-refractivity contribution in [2.75, 3.05) is 26.3 Å². The molecule has 1 aliphatic heterocycles. The van der Waals surface area contributed by atoms with Crippen molar-refractivity contribution in [1.82, 2.24) is 10.2 Å². The Hall–Kier alpha value is -2.31. The van der Waals surface area contributed by atoms with E-state index in [1.54, 1.807) is 12.1 Å². The third-order valence-corrected chi connectivity index (χ3v) is 5.53. The maximum absolute atomic E-state index is 13.2. The Labute approximate surface area is 194 Å². The lowest BCUT2D eigenvalue weighted by Gasteiger charge is -2.28. The molecule has 0 saturated heterocycles. The van der Waals surface area contributed by atoms with Crippen molar-refractivity contribution in [3.63, 3.8) is 0 Å². The van der Waals surface area contributed by atoms with Crippen LogP contribution in [0.2, 0.25) is 5.02 Å². The molecule has 32 heavy (non-hydrogen) atoms. The summed E-state index contributed by atoms with van der Waals surface area (Å²) >= 11 is 6.45. The van der Waals surface area contributed by atoms with E-state index in [0.29, 0.717) is 61.8 Å². The molecule has 0 fully saturated rings. The van der Waals surface area contributed by atoms with Crippen molar-refractivity contribution in [1.29, 1.82) is 0 Å². The Balaban J connectivity index is 1.64. The van der Waals surface area contributed by atoms with Gasteiger partial charge < -0.3 is 19.7 Å². The van der Waals surface area contributed by atoms with Crippen LogP contribution < -0.4 is 14.8 Å². The predicted octanol–water partition coefficient (Wildman–Crippen LogP) is 5.05. The molecule has 3 rings (SSSR count). The molecule has 0 aliphatic carbocycles. The van der Waals surface area contributed by atoms with E-state index in [1.165, 1.54) is 12.1 Å².